The zero-order valence-electron chi connectivity index (χ0n) is 15.2. The Hall–Kier alpha value is -1.37. The number of nitrogens with zero attached hydrogens (tertiary/aromatic N) is 2. The van der Waals surface area contributed by atoms with Crippen molar-refractivity contribution in [1.29, 1.82) is 0 Å². The fourth-order valence-electron chi connectivity index (χ4n) is 4.01. The Kier molecular flexibility index (Phi) is 6.15. The lowest BCUT2D eigenvalue weighted by molar-refractivity contribution is 0.00761. The lowest BCUT2D eigenvalue weighted by Gasteiger charge is -2.41. The van der Waals surface area contributed by atoms with Crippen molar-refractivity contribution in [3.63, 3.8) is 0 Å². The van der Waals surface area contributed by atoms with Gasteiger partial charge < -0.3 is 19.2 Å². The molecule has 0 unspecified atom stereocenters. The highest BCUT2D eigenvalue weighted by Crippen LogP contribution is 2.34. The molecule has 2 aliphatic rings. The molecule has 0 aliphatic carbocycles. The Labute approximate surface area is 149 Å². The zero-order valence-corrected chi connectivity index (χ0v) is 15.2. The third-order valence-electron chi connectivity index (χ3n) is 5.57. The zero-order chi connectivity index (χ0) is 17.7. The van der Waals surface area contributed by atoms with Crippen LogP contribution >= 0.6 is 0 Å². The number of furan rings is 1. The minimum atomic E-state index is -0.255. The van der Waals surface area contributed by atoms with Crippen molar-refractivity contribution in [3.8, 4) is 0 Å². The first kappa shape index (κ1) is 18.4. The first-order valence-corrected chi connectivity index (χ1v) is 9.36. The molecule has 0 spiro atoms. The number of methoxy groups -OCH3 is 1. The SMILES string of the molecule is COCC[C@]1(CO)CCCN(C(=O)c2ccc(CN3CCCC3)o2)C1. The number of amides is 1. The minimum Gasteiger partial charge on any atom is -0.455 e. The Morgan fingerprint density at radius 1 is 1.28 bits per heavy atom. The van der Waals surface area contributed by atoms with Crippen molar-refractivity contribution in [2.75, 3.05) is 46.5 Å². The van der Waals surface area contributed by atoms with Gasteiger partial charge >= 0.3 is 0 Å². The molecule has 0 radical (unpaired) electrons. The lowest BCUT2D eigenvalue weighted by atomic mass is 9.78. The molecule has 1 aromatic heterocycles. The van der Waals surface area contributed by atoms with Gasteiger partial charge in [0, 0.05) is 32.2 Å². The molecule has 2 aliphatic heterocycles. The third-order valence-corrected chi connectivity index (χ3v) is 5.57. The van der Waals surface area contributed by atoms with E-state index in [9.17, 15) is 9.90 Å². The van der Waals surface area contributed by atoms with Crippen LogP contribution in [0.5, 0.6) is 0 Å². The molecule has 0 bridgehead atoms. The molecule has 0 saturated carbocycles. The molecule has 1 atom stereocenters. The van der Waals surface area contributed by atoms with Gasteiger partial charge in [-0.2, -0.15) is 0 Å². The fraction of sp³-hybridized carbons (Fsp3) is 0.737. The quantitative estimate of drug-likeness (QED) is 0.816. The molecule has 1 N–H and O–H groups in total. The Morgan fingerprint density at radius 3 is 2.80 bits per heavy atom. The molecule has 6 nitrogen and oxygen atoms in total. The summed E-state index contributed by atoms with van der Waals surface area (Å²) in [5.74, 6) is 1.20. The van der Waals surface area contributed by atoms with E-state index in [1.807, 2.05) is 11.0 Å². The number of aliphatic hydroxyl groups excluding tert-OH is 1. The van der Waals surface area contributed by atoms with Crippen LogP contribution in [0.25, 0.3) is 0 Å². The maximum absolute atomic E-state index is 12.8. The van der Waals surface area contributed by atoms with E-state index < -0.39 is 0 Å². The molecule has 3 rings (SSSR count). The molecule has 1 amide bonds. The van der Waals surface area contributed by atoms with Crippen LogP contribution < -0.4 is 0 Å². The first-order chi connectivity index (χ1) is 12.2. The van der Waals surface area contributed by atoms with Crippen LogP contribution in [0.1, 0.15) is 48.4 Å². The van der Waals surface area contributed by atoms with Crippen LogP contribution in [-0.4, -0.2) is 67.3 Å². The number of likely N-dealkylation sites (tertiary alicyclic amines) is 2. The van der Waals surface area contributed by atoms with Gasteiger partial charge in [0.15, 0.2) is 5.76 Å². The van der Waals surface area contributed by atoms with Crippen molar-refractivity contribution in [1.82, 2.24) is 9.80 Å². The standard InChI is InChI=1S/C19H30N2O4/c1-24-12-8-19(15-22)7-4-11-21(14-19)18(23)17-6-5-16(25-17)13-20-9-2-3-10-20/h5-6,22H,2-4,7-15H2,1H3/t19-/m1/s1. The summed E-state index contributed by atoms with van der Waals surface area (Å²) in [5, 5.41) is 9.88. The summed E-state index contributed by atoms with van der Waals surface area (Å²) in [4.78, 5) is 17.0. The van der Waals surface area contributed by atoms with E-state index in [0.717, 1.165) is 51.2 Å². The minimum absolute atomic E-state index is 0.0670. The van der Waals surface area contributed by atoms with Crippen LogP contribution in [0, 0.1) is 5.41 Å². The van der Waals surface area contributed by atoms with E-state index in [1.165, 1.54) is 12.8 Å². The van der Waals surface area contributed by atoms with Crippen molar-refractivity contribution < 1.29 is 19.1 Å². The van der Waals surface area contributed by atoms with Gasteiger partial charge in [-0.25, -0.2) is 0 Å². The van der Waals surface area contributed by atoms with Crippen LogP contribution in [0.4, 0.5) is 0 Å². The average Bonchev–Trinajstić information content (AvgIpc) is 3.32. The summed E-state index contributed by atoms with van der Waals surface area (Å²) in [6.45, 7) is 4.95. The van der Waals surface area contributed by atoms with Gasteiger partial charge in [0.05, 0.1) is 13.2 Å². The Balaban J connectivity index is 1.62. The highest BCUT2D eigenvalue weighted by molar-refractivity contribution is 5.91. The predicted molar refractivity (Wildman–Crippen MR) is 94.4 cm³/mol. The molecular weight excluding hydrogens is 320 g/mol. The van der Waals surface area contributed by atoms with E-state index >= 15 is 0 Å². The van der Waals surface area contributed by atoms with Gasteiger partial charge in [-0.05, 0) is 57.3 Å². The summed E-state index contributed by atoms with van der Waals surface area (Å²) in [5.41, 5.74) is -0.255. The number of carbonyl (C=O) groups is 1. The number of rotatable bonds is 7. The second-order valence-electron chi connectivity index (χ2n) is 7.48. The summed E-state index contributed by atoms with van der Waals surface area (Å²) in [6, 6.07) is 3.71. The third kappa shape index (κ3) is 4.43. The summed E-state index contributed by atoms with van der Waals surface area (Å²) in [6.07, 6.45) is 5.07. The van der Waals surface area contributed by atoms with E-state index in [2.05, 4.69) is 4.90 Å². The fourth-order valence-corrected chi connectivity index (χ4v) is 4.01. The molecule has 6 heteroatoms. The molecule has 0 aromatic carbocycles. The highest BCUT2D eigenvalue weighted by Gasteiger charge is 2.37. The lowest BCUT2D eigenvalue weighted by Crippen LogP contribution is -2.48. The molecule has 140 valence electrons. The molecule has 2 fully saturated rings. The Morgan fingerprint density at radius 2 is 2.08 bits per heavy atom. The van der Waals surface area contributed by atoms with Gasteiger partial charge in [0.1, 0.15) is 5.76 Å². The molecular formula is C19H30N2O4. The second-order valence-corrected chi connectivity index (χ2v) is 7.48. The van der Waals surface area contributed by atoms with Crippen LogP contribution in [-0.2, 0) is 11.3 Å². The van der Waals surface area contributed by atoms with Gasteiger partial charge in [-0.3, -0.25) is 9.69 Å². The molecule has 25 heavy (non-hydrogen) atoms. The van der Waals surface area contributed by atoms with E-state index in [1.54, 1.807) is 13.2 Å². The largest absolute Gasteiger partial charge is 0.455 e. The van der Waals surface area contributed by atoms with Crippen molar-refractivity contribution >= 4 is 5.91 Å². The number of piperidine rings is 1. The first-order valence-electron chi connectivity index (χ1n) is 9.36. The van der Waals surface area contributed by atoms with E-state index in [-0.39, 0.29) is 17.9 Å². The molecule has 2 saturated heterocycles. The summed E-state index contributed by atoms with van der Waals surface area (Å²) in [7, 11) is 1.67. The van der Waals surface area contributed by atoms with E-state index in [4.69, 9.17) is 9.15 Å². The number of hydrogen-bond acceptors (Lipinski definition) is 5. The van der Waals surface area contributed by atoms with Crippen molar-refractivity contribution in [2.45, 2.75) is 38.6 Å². The summed E-state index contributed by atoms with van der Waals surface area (Å²) >= 11 is 0. The van der Waals surface area contributed by atoms with Crippen LogP contribution in [0.2, 0.25) is 0 Å². The maximum atomic E-state index is 12.8. The highest BCUT2D eigenvalue weighted by atomic mass is 16.5. The maximum Gasteiger partial charge on any atom is 0.289 e. The van der Waals surface area contributed by atoms with Gasteiger partial charge in [-0.15, -0.1) is 0 Å². The van der Waals surface area contributed by atoms with Gasteiger partial charge in [0.25, 0.3) is 5.91 Å². The monoisotopic (exact) mass is 350 g/mol. The predicted octanol–water partition coefficient (Wildman–Crippen LogP) is 2.13. The van der Waals surface area contributed by atoms with Crippen LogP contribution in [0.3, 0.4) is 0 Å². The topological polar surface area (TPSA) is 66.2 Å². The van der Waals surface area contributed by atoms with Crippen molar-refractivity contribution in [3.05, 3.63) is 23.7 Å². The summed E-state index contributed by atoms with van der Waals surface area (Å²) < 4.78 is 11.0. The van der Waals surface area contributed by atoms with Crippen LogP contribution in [0.15, 0.2) is 16.5 Å². The number of aliphatic hydroxyl groups is 1. The second kappa shape index (κ2) is 8.34. The normalized spacial score (nSPS) is 24.8. The average molecular weight is 350 g/mol. The van der Waals surface area contributed by atoms with Gasteiger partial charge in [-0.1, -0.05) is 0 Å². The van der Waals surface area contributed by atoms with Gasteiger partial charge in [0.2, 0.25) is 0 Å². The van der Waals surface area contributed by atoms with Crippen molar-refractivity contribution in [2.24, 2.45) is 5.41 Å². The number of carbonyl (C=O) groups excluding carboxylic acids is 1. The smallest absolute Gasteiger partial charge is 0.289 e. The molecule has 3 heterocycles. The molecule has 1 aromatic rings. The van der Waals surface area contributed by atoms with E-state index in [0.29, 0.717) is 18.9 Å². The Bertz CT molecular complexity index is 568. The number of hydrogen-bond donors (Lipinski definition) is 1. The number of ether oxygens (including phenoxy) is 1.